The molecule has 0 atom stereocenters. The third-order valence-corrected chi connectivity index (χ3v) is 13.8. The van der Waals surface area contributed by atoms with E-state index in [1.807, 2.05) is 30.8 Å². The number of imide groups is 1. The van der Waals surface area contributed by atoms with Crippen LogP contribution >= 0.6 is 0 Å². The number of anilines is 2. The van der Waals surface area contributed by atoms with Gasteiger partial charge in [-0.05, 0) is 106 Å². The topological polar surface area (TPSA) is 187 Å². The number of benzene rings is 2. The zero-order valence-electron chi connectivity index (χ0n) is 32.6. The summed E-state index contributed by atoms with van der Waals surface area (Å²) in [4.78, 5) is 37.5. The molecular formula is C41H46N12O4S. The molecule has 2 aromatic carbocycles. The van der Waals surface area contributed by atoms with Crippen molar-refractivity contribution in [3.8, 4) is 6.07 Å². The standard InChI is InChI=1S/C41H46N12O4S/c1-26(25-50-14-9-27(10-15-50)28-4-8-35-36(21-28)49(2)48-39(35)52-18-13-37(54)46-41(52)55)19-30-20-34(7-3-29(30)22-42)58(56,57)51-16-11-32(12-17-51)45-40-43-23-31-24-44-53(33-5-6-33)38(31)47-40/h3-4,7-8,19-21,23-24,27,32-33H,5-6,9-18,25H2,1-2H3,(H,43,45,47)(H,46,54,55)/b26-19+. The first kappa shape index (κ1) is 37.9. The molecule has 3 aromatic heterocycles. The number of sulfonamides is 1. The number of hydrogen-bond donors (Lipinski definition) is 2. The molecule has 3 aliphatic heterocycles. The van der Waals surface area contributed by atoms with Crippen molar-refractivity contribution < 1.29 is 18.0 Å². The summed E-state index contributed by atoms with van der Waals surface area (Å²) in [6.07, 6.45) is 11.2. The van der Waals surface area contributed by atoms with E-state index in [9.17, 15) is 23.3 Å². The number of fused-ring (bicyclic) bond motifs is 2. The number of aromatic nitrogens is 6. The lowest BCUT2D eigenvalue weighted by Gasteiger charge is -2.32. The second kappa shape index (κ2) is 15.2. The quantitative estimate of drug-likeness (QED) is 0.195. The van der Waals surface area contributed by atoms with Crippen LogP contribution in [0, 0.1) is 11.3 Å². The summed E-state index contributed by atoms with van der Waals surface area (Å²) in [5.41, 5.74) is 5.07. The van der Waals surface area contributed by atoms with Gasteiger partial charge in [0.15, 0.2) is 11.5 Å². The van der Waals surface area contributed by atoms with Crippen LogP contribution in [0.3, 0.4) is 0 Å². The van der Waals surface area contributed by atoms with Crippen molar-refractivity contribution in [3.05, 3.63) is 71.1 Å². The molecule has 0 unspecified atom stereocenters. The van der Waals surface area contributed by atoms with Gasteiger partial charge in [0.1, 0.15) is 0 Å². The van der Waals surface area contributed by atoms with E-state index >= 15 is 0 Å². The maximum absolute atomic E-state index is 13.9. The largest absolute Gasteiger partial charge is 0.351 e. The fraction of sp³-hybridized carbons (Fsp3) is 0.439. The van der Waals surface area contributed by atoms with E-state index in [0.29, 0.717) is 73.9 Å². The second-order valence-electron chi connectivity index (χ2n) is 16.0. The minimum absolute atomic E-state index is 0.0384. The SMILES string of the molecule is C/C(=C\c1cc(S(=O)(=O)N2CCC(Nc3ncc4cnn(C5CC5)c4n3)CC2)ccc1C#N)CN1CCC(c2ccc3c(N4CCC(=O)NC4=O)nn(C)c3c2)CC1. The normalized spacial score (nSPS) is 19.5. The third kappa shape index (κ3) is 7.43. The first-order valence-electron chi connectivity index (χ1n) is 20.0. The van der Waals surface area contributed by atoms with Crippen LogP contribution in [0.5, 0.6) is 0 Å². The van der Waals surface area contributed by atoms with Crippen molar-refractivity contribution in [2.24, 2.45) is 7.05 Å². The Morgan fingerprint density at radius 2 is 1.79 bits per heavy atom. The molecule has 4 aliphatic rings. The molecule has 58 heavy (non-hydrogen) atoms. The molecular weight excluding hydrogens is 757 g/mol. The van der Waals surface area contributed by atoms with Crippen LogP contribution < -0.4 is 15.5 Å². The minimum Gasteiger partial charge on any atom is -0.351 e. The Kier molecular flexibility index (Phi) is 9.94. The van der Waals surface area contributed by atoms with Gasteiger partial charge in [-0.25, -0.2) is 22.9 Å². The molecule has 9 rings (SSSR count). The van der Waals surface area contributed by atoms with Crippen molar-refractivity contribution in [3.63, 3.8) is 0 Å². The first-order chi connectivity index (χ1) is 28.0. The lowest BCUT2D eigenvalue weighted by atomic mass is 9.88. The smallest absolute Gasteiger partial charge is 0.329 e. The van der Waals surface area contributed by atoms with Gasteiger partial charge in [-0.3, -0.25) is 24.6 Å². The number of amides is 3. The Balaban J connectivity index is 0.812. The molecule has 17 heteroatoms. The number of aryl methyl sites for hydroxylation is 1. The van der Waals surface area contributed by atoms with Gasteiger partial charge in [-0.2, -0.15) is 24.7 Å². The Bertz CT molecular complexity index is 2610. The van der Waals surface area contributed by atoms with E-state index in [1.54, 1.807) is 29.2 Å². The zero-order valence-corrected chi connectivity index (χ0v) is 33.5. The number of nitriles is 1. The van der Waals surface area contributed by atoms with Crippen molar-refractivity contribution in [2.75, 3.05) is 49.5 Å². The molecule has 3 saturated heterocycles. The third-order valence-electron chi connectivity index (χ3n) is 11.9. The highest BCUT2D eigenvalue weighted by Gasteiger charge is 2.32. The lowest BCUT2D eigenvalue weighted by molar-refractivity contribution is -0.120. The van der Waals surface area contributed by atoms with Crippen LogP contribution in [-0.4, -0.2) is 104 Å². The van der Waals surface area contributed by atoms with Crippen LogP contribution in [-0.2, 0) is 21.9 Å². The van der Waals surface area contributed by atoms with Crippen molar-refractivity contribution in [2.45, 2.75) is 74.8 Å². The Labute approximate surface area is 336 Å². The summed E-state index contributed by atoms with van der Waals surface area (Å²) in [5, 5.41) is 26.6. The van der Waals surface area contributed by atoms with E-state index < -0.39 is 16.1 Å². The van der Waals surface area contributed by atoms with E-state index in [0.717, 1.165) is 66.3 Å². The monoisotopic (exact) mass is 802 g/mol. The second-order valence-corrected chi connectivity index (χ2v) is 17.9. The van der Waals surface area contributed by atoms with Gasteiger partial charge in [-0.1, -0.05) is 17.7 Å². The number of nitrogens with zero attached hydrogens (tertiary/aromatic N) is 10. The fourth-order valence-electron chi connectivity index (χ4n) is 8.55. The number of piperidine rings is 2. The summed E-state index contributed by atoms with van der Waals surface area (Å²) in [6.45, 7) is 5.54. The highest BCUT2D eigenvalue weighted by atomic mass is 32.2. The molecule has 4 fully saturated rings. The summed E-state index contributed by atoms with van der Waals surface area (Å²) in [6, 6.07) is 13.3. The van der Waals surface area contributed by atoms with Crippen molar-refractivity contribution >= 4 is 61.7 Å². The number of likely N-dealkylation sites (tertiary alicyclic amines) is 1. The summed E-state index contributed by atoms with van der Waals surface area (Å²) in [7, 11) is -1.91. The van der Waals surface area contributed by atoms with Gasteiger partial charge in [0.05, 0.1) is 39.7 Å². The van der Waals surface area contributed by atoms with Gasteiger partial charge in [0.25, 0.3) is 0 Å². The Morgan fingerprint density at radius 3 is 2.53 bits per heavy atom. The molecule has 5 aromatic rings. The van der Waals surface area contributed by atoms with Crippen molar-refractivity contribution in [1.82, 2.24) is 44.1 Å². The first-order valence-corrected chi connectivity index (χ1v) is 21.5. The number of urea groups is 1. The predicted octanol–water partition coefficient (Wildman–Crippen LogP) is 4.91. The lowest BCUT2D eigenvalue weighted by Crippen LogP contribution is -2.49. The average molecular weight is 803 g/mol. The number of nitrogens with one attached hydrogen (secondary N) is 2. The van der Waals surface area contributed by atoms with Crippen LogP contribution in [0.25, 0.3) is 28.0 Å². The molecule has 300 valence electrons. The highest BCUT2D eigenvalue weighted by Crippen LogP contribution is 2.37. The molecule has 0 radical (unpaired) electrons. The minimum atomic E-state index is -3.78. The molecule has 1 saturated carbocycles. The van der Waals surface area contributed by atoms with E-state index in [2.05, 4.69) is 48.9 Å². The van der Waals surface area contributed by atoms with Gasteiger partial charge in [0.2, 0.25) is 21.9 Å². The summed E-state index contributed by atoms with van der Waals surface area (Å²) >= 11 is 0. The summed E-state index contributed by atoms with van der Waals surface area (Å²) < 4.78 is 33.1. The number of hydrogen-bond acceptors (Lipinski definition) is 11. The van der Waals surface area contributed by atoms with Crippen LogP contribution in [0.4, 0.5) is 16.6 Å². The van der Waals surface area contributed by atoms with E-state index in [4.69, 9.17) is 4.98 Å². The van der Waals surface area contributed by atoms with Gasteiger partial charge >= 0.3 is 6.03 Å². The van der Waals surface area contributed by atoms with Gasteiger partial charge < -0.3 is 5.32 Å². The maximum atomic E-state index is 13.9. The Hall–Kier alpha value is -5.70. The number of rotatable bonds is 10. The van der Waals surface area contributed by atoms with Crippen LogP contribution in [0.15, 0.2) is 59.3 Å². The molecule has 6 heterocycles. The summed E-state index contributed by atoms with van der Waals surface area (Å²) in [5.74, 6) is 1.18. The predicted molar refractivity (Wildman–Crippen MR) is 218 cm³/mol. The molecule has 3 amide bonds. The zero-order chi connectivity index (χ0) is 40.1. The van der Waals surface area contributed by atoms with Crippen molar-refractivity contribution in [1.29, 1.82) is 5.26 Å². The Morgan fingerprint density at radius 1 is 1.00 bits per heavy atom. The number of carbonyl (C=O) groups excluding carboxylic acids is 2. The average Bonchev–Trinajstić information content (AvgIpc) is 3.90. The van der Waals surface area contributed by atoms with Crippen LogP contribution in [0.2, 0.25) is 0 Å². The molecule has 0 bridgehead atoms. The molecule has 16 nitrogen and oxygen atoms in total. The number of carbonyl (C=O) groups is 2. The highest BCUT2D eigenvalue weighted by molar-refractivity contribution is 7.89. The van der Waals surface area contributed by atoms with Gasteiger partial charge in [-0.15, -0.1) is 0 Å². The maximum Gasteiger partial charge on any atom is 0.329 e. The fourth-order valence-corrected chi connectivity index (χ4v) is 10.1. The van der Waals surface area contributed by atoms with Gasteiger partial charge in [0, 0.05) is 57.3 Å². The van der Waals surface area contributed by atoms with E-state index in [1.165, 1.54) is 20.8 Å². The molecule has 1 aliphatic carbocycles. The molecule has 0 spiro atoms. The van der Waals surface area contributed by atoms with E-state index in [-0.39, 0.29) is 23.3 Å². The molecule has 2 N–H and O–H groups in total. The van der Waals surface area contributed by atoms with Crippen LogP contribution in [0.1, 0.15) is 80.5 Å².